The number of ether oxygens (including phenoxy) is 1. The minimum atomic E-state index is -0.550. The molecule has 0 aromatic heterocycles. The van der Waals surface area contributed by atoms with E-state index in [4.69, 9.17) is 10.5 Å². The monoisotopic (exact) mass is 237 g/mol. The zero-order valence-corrected chi connectivity index (χ0v) is 10.4. The van der Waals surface area contributed by atoms with E-state index < -0.39 is 6.04 Å². The van der Waals surface area contributed by atoms with Crippen LogP contribution in [0.3, 0.4) is 0 Å². The molecule has 0 radical (unpaired) electrons. The third kappa shape index (κ3) is 4.42. The maximum atomic E-state index is 11.6. The predicted molar refractivity (Wildman–Crippen MR) is 66.5 cm³/mol. The fraction of sp³-hybridized carbons (Fsp3) is 0.417. The zero-order valence-electron chi connectivity index (χ0n) is 10.4. The van der Waals surface area contributed by atoms with Crippen molar-refractivity contribution in [1.82, 2.24) is 10.4 Å². The Kier molecular flexibility index (Phi) is 4.93. The van der Waals surface area contributed by atoms with Crippen molar-refractivity contribution < 1.29 is 9.53 Å². The van der Waals surface area contributed by atoms with Crippen molar-refractivity contribution in [3.05, 3.63) is 29.8 Å². The first-order chi connectivity index (χ1) is 8.02. The first-order valence-electron chi connectivity index (χ1n) is 5.39. The lowest BCUT2D eigenvalue weighted by atomic mass is 10.1. The van der Waals surface area contributed by atoms with Gasteiger partial charge >= 0.3 is 0 Å². The Balaban J connectivity index is 2.55. The molecule has 0 fully saturated rings. The van der Waals surface area contributed by atoms with E-state index in [-0.39, 0.29) is 5.91 Å². The molecule has 0 aliphatic carbocycles. The second-order valence-electron chi connectivity index (χ2n) is 4.03. The number of rotatable bonds is 5. The van der Waals surface area contributed by atoms with Crippen LogP contribution in [0.4, 0.5) is 0 Å². The second-order valence-corrected chi connectivity index (χ2v) is 4.03. The highest BCUT2D eigenvalue weighted by Gasteiger charge is 2.14. The van der Waals surface area contributed by atoms with Crippen LogP contribution in [0, 0.1) is 0 Å². The lowest BCUT2D eigenvalue weighted by molar-refractivity contribution is -0.126. The van der Waals surface area contributed by atoms with Crippen molar-refractivity contribution in [3.63, 3.8) is 0 Å². The molecule has 0 saturated heterocycles. The van der Waals surface area contributed by atoms with Crippen LogP contribution in [0.5, 0.6) is 5.75 Å². The lowest BCUT2D eigenvalue weighted by Gasteiger charge is -2.16. The number of nitrogens with one attached hydrogen (secondary N) is 1. The van der Waals surface area contributed by atoms with Crippen LogP contribution in [0.2, 0.25) is 0 Å². The van der Waals surface area contributed by atoms with Crippen LogP contribution in [0.15, 0.2) is 24.3 Å². The minimum Gasteiger partial charge on any atom is -0.497 e. The second kappa shape index (κ2) is 6.22. The molecule has 1 atom stereocenters. The summed E-state index contributed by atoms with van der Waals surface area (Å²) >= 11 is 0. The molecule has 1 aromatic rings. The van der Waals surface area contributed by atoms with Gasteiger partial charge in [0.1, 0.15) is 5.75 Å². The molecule has 1 amide bonds. The summed E-state index contributed by atoms with van der Waals surface area (Å²) in [5, 5.41) is 1.58. The van der Waals surface area contributed by atoms with Crippen molar-refractivity contribution >= 4 is 5.91 Å². The summed E-state index contributed by atoms with van der Waals surface area (Å²) in [6.45, 7) is 0. The van der Waals surface area contributed by atoms with E-state index in [1.54, 1.807) is 26.2 Å². The lowest BCUT2D eigenvalue weighted by Crippen LogP contribution is -2.47. The van der Waals surface area contributed by atoms with Gasteiger partial charge in [-0.25, -0.2) is 5.01 Å². The number of nitrogens with zero attached hydrogens (tertiary/aromatic N) is 1. The molecular formula is C12H19N3O2. The van der Waals surface area contributed by atoms with Crippen LogP contribution >= 0.6 is 0 Å². The van der Waals surface area contributed by atoms with Gasteiger partial charge in [0.25, 0.3) is 5.91 Å². The van der Waals surface area contributed by atoms with Gasteiger partial charge in [0.2, 0.25) is 0 Å². The van der Waals surface area contributed by atoms with Crippen LogP contribution in [0.25, 0.3) is 0 Å². The number of amides is 1. The smallest absolute Gasteiger partial charge is 0.251 e. The highest BCUT2D eigenvalue weighted by molar-refractivity contribution is 5.81. The molecule has 5 heteroatoms. The molecule has 1 aromatic carbocycles. The van der Waals surface area contributed by atoms with Gasteiger partial charge in [-0.1, -0.05) is 12.1 Å². The van der Waals surface area contributed by atoms with E-state index in [2.05, 4.69) is 5.43 Å². The highest BCUT2D eigenvalue weighted by atomic mass is 16.5. The SMILES string of the molecule is COc1ccc(CC(N)C(=O)NN(C)C)cc1. The van der Waals surface area contributed by atoms with E-state index in [1.165, 1.54) is 0 Å². The topological polar surface area (TPSA) is 67.6 Å². The minimum absolute atomic E-state index is 0.189. The number of carbonyl (C=O) groups excluding carboxylic acids is 1. The Labute approximate surface area is 102 Å². The third-order valence-corrected chi connectivity index (χ3v) is 2.29. The van der Waals surface area contributed by atoms with E-state index in [1.807, 2.05) is 24.3 Å². The molecule has 94 valence electrons. The Morgan fingerprint density at radius 1 is 1.41 bits per heavy atom. The number of hydrogen-bond donors (Lipinski definition) is 2. The van der Waals surface area contributed by atoms with Gasteiger partial charge in [-0.3, -0.25) is 10.2 Å². The molecular weight excluding hydrogens is 218 g/mol. The van der Waals surface area contributed by atoms with Gasteiger partial charge in [0.05, 0.1) is 13.2 Å². The maximum Gasteiger partial charge on any atom is 0.251 e. The molecule has 0 spiro atoms. The Bertz CT molecular complexity index is 363. The van der Waals surface area contributed by atoms with Crippen LogP contribution < -0.4 is 15.9 Å². The summed E-state index contributed by atoms with van der Waals surface area (Å²) < 4.78 is 5.06. The standard InChI is InChI=1S/C12H19N3O2/c1-15(2)14-12(16)11(13)8-9-4-6-10(17-3)7-5-9/h4-7,11H,8,13H2,1-3H3,(H,14,16). The van der Waals surface area contributed by atoms with Crippen molar-refractivity contribution in [2.45, 2.75) is 12.5 Å². The van der Waals surface area contributed by atoms with Gasteiger partial charge in [-0.2, -0.15) is 0 Å². The number of methoxy groups -OCH3 is 1. The Morgan fingerprint density at radius 2 is 2.00 bits per heavy atom. The summed E-state index contributed by atoms with van der Waals surface area (Å²) in [5.41, 5.74) is 9.43. The first kappa shape index (κ1) is 13.5. The number of hydrogen-bond acceptors (Lipinski definition) is 4. The number of nitrogens with two attached hydrogens (primary N) is 1. The summed E-state index contributed by atoms with van der Waals surface area (Å²) in [5.74, 6) is 0.603. The fourth-order valence-electron chi connectivity index (χ4n) is 1.41. The molecule has 0 aliphatic rings. The van der Waals surface area contributed by atoms with E-state index >= 15 is 0 Å². The maximum absolute atomic E-state index is 11.6. The van der Waals surface area contributed by atoms with E-state index in [0.717, 1.165) is 11.3 Å². The van der Waals surface area contributed by atoms with Gasteiger partial charge in [-0.15, -0.1) is 0 Å². The number of carbonyl (C=O) groups is 1. The molecule has 5 nitrogen and oxygen atoms in total. The molecule has 0 saturated carbocycles. The molecule has 3 N–H and O–H groups in total. The molecule has 0 heterocycles. The van der Waals surface area contributed by atoms with Gasteiger partial charge < -0.3 is 10.5 Å². The van der Waals surface area contributed by atoms with Crippen molar-refractivity contribution in [1.29, 1.82) is 0 Å². The summed E-state index contributed by atoms with van der Waals surface area (Å²) in [7, 11) is 5.11. The van der Waals surface area contributed by atoms with Gasteiger partial charge in [0, 0.05) is 14.1 Å². The predicted octanol–water partition coefficient (Wildman–Crippen LogP) is 0.158. The van der Waals surface area contributed by atoms with E-state index in [9.17, 15) is 4.79 Å². The van der Waals surface area contributed by atoms with Gasteiger partial charge in [0.15, 0.2) is 0 Å². The van der Waals surface area contributed by atoms with Gasteiger partial charge in [-0.05, 0) is 24.1 Å². The largest absolute Gasteiger partial charge is 0.497 e. The fourth-order valence-corrected chi connectivity index (χ4v) is 1.41. The molecule has 1 rings (SSSR count). The molecule has 17 heavy (non-hydrogen) atoms. The number of hydrazine groups is 1. The molecule has 1 unspecified atom stereocenters. The van der Waals surface area contributed by atoms with Crippen molar-refractivity contribution in [2.24, 2.45) is 5.73 Å². The first-order valence-corrected chi connectivity index (χ1v) is 5.39. The van der Waals surface area contributed by atoms with Crippen molar-refractivity contribution in [2.75, 3.05) is 21.2 Å². The van der Waals surface area contributed by atoms with Crippen LogP contribution in [-0.4, -0.2) is 38.2 Å². The van der Waals surface area contributed by atoms with Crippen LogP contribution in [-0.2, 0) is 11.2 Å². The molecule has 0 bridgehead atoms. The van der Waals surface area contributed by atoms with Crippen molar-refractivity contribution in [3.8, 4) is 5.75 Å². The summed E-state index contributed by atoms with van der Waals surface area (Å²) in [6, 6.07) is 6.96. The summed E-state index contributed by atoms with van der Waals surface area (Å²) in [6.07, 6.45) is 0.504. The van der Waals surface area contributed by atoms with E-state index in [0.29, 0.717) is 6.42 Å². The number of benzene rings is 1. The quantitative estimate of drug-likeness (QED) is 0.716. The average molecular weight is 237 g/mol. The molecule has 0 aliphatic heterocycles. The zero-order chi connectivity index (χ0) is 12.8. The third-order valence-electron chi connectivity index (χ3n) is 2.29. The highest BCUT2D eigenvalue weighted by Crippen LogP contribution is 2.12. The normalized spacial score (nSPS) is 12.3. The average Bonchev–Trinajstić information content (AvgIpc) is 2.29. The Morgan fingerprint density at radius 3 is 2.47 bits per heavy atom. The van der Waals surface area contributed by atoms with Crippen LogP contribution in [0.1, 0.15) is 5.56 Å². The Hall–Kier alpha value is -1.59. The summed E-state index contributed by atoms with van der Waals surface area (Å²) in [4.78, 5) is 11.6.